The van der Waals surface area contributed by atoms with Crippen molar-refractivity contribution in [3.05, 3.63) is 28.3 Å². The summed E-state index contributed by atoms with van der Waals surface area (Å²) in [6.07, 6.45) is 2.05. The first-order valence-corrected chi connectivity index (χ1v) is 6.65. The Labute approximate surface area is 116 Å². The molecule has 0 aliphatic heterocycles. The number of nitro groups is 1. The largest absolute Gasteiger partial charge is 0.395 e. The van der Waals surface area contributed by atoms with Gasteiger partial charge in [0, 0.05) is 25.2 Å². The smallest absolute Gasteiger partial charge is 0.271 e. The van der Waals surface area contributed by atoms with Crippen LogP contribution < -0.4 is 4.90 Å². The lowest BCUT2D eigenvalue weighted by Crippen LogP contribution is -2.28. The maximum absolute atomic E-state index is 10.8. The van der Waals surface area contributed by atoms with Crippen LogP contribution in [0, 0.1) is 10.1 Å². The van der Waals surface area contributed by atoms with E-state index in [1.54, 1.807) is 6.07 Å². The Kier molecular flexibility index (Phi) is 4.52. The van der Waals surface area contributed by atoms with E-state index in [-0.39, 0.29) is 12.3 Å². The van der Waals surface area contributed by atoms with Crippen LogP contribution in [0.4, 0.5) is 11.6 Å². The van der Waals surface area contributed by atoms with Crippen molar-refractivity contribution in [2.24, 2.45) is 0 Å². The van der Waals surface area contributed by atoms with Gasteiger partial charge in [0.25, 0.3) is 5.69 Å². The number of imidazole rings is 1. The Morgan fingerprint density at radius 2 is 2.25 bits per heavy atom. The SMILES string of the molecule is CCCCN(CCO)c1nc2ccc([N+](=O)[O-])cc2[nH]1. The Hall–Kier alpha value is -2.15. The van der Waals surface area contributed by atoms with Crippen molar-refractivity contribution in [3.63, 3.8) is 0 Å². The summed E-state index contributed by atoms with van der Waals surface area (Å²) in [7, 11) is 0. The molecule has 0 unspecified atom stereocenters. The van der Waals surface area contributed by atoms with Crippen molar-refractivity contribution in [2.45, 2.75) is 19.8 Å². The summed E-state index contributed by atoms with van der Waals surface area (Å²) in [6.45, 7) is 3.42. The Bertz CT molecular complexity index is 596. The third-order valence-electron chi connectivity index (χ3n) is 3.11. The molecule has 0 spiro atoms. The van der Waals surface area contributed by atoms with E-state index in [1.807, 2.05) is 4.90 Å². The van der Waals surface area contributed by atoms with Gasteiger partial charge in [-0.25, -0.2) is 4.98 Å². The Morgan fingerprint density at radius 3 is 2.90 bits per heavy atom. The van der Waals surface area contributed by atoms with Crippen molar-refractivity contribution < 1.29 is 10.0 Å². The molecular weight excluding hydrogens is 260 g/mol. The van der Waals surface area contributed by atoms with Gasteiger partial charge in [-0.15, -0.1) is 0 Å². The summed E-state index contributed by atoms with van der Waals surface area (Å²) < 4.78 is 0. The van der Waals surface area contributed by atoms with Crippen LogP contribution in [0.25, 0.3) is 11.0 Å². The van der Waals surface area contributed by atoms with E-state index < -0.39 is 4.92 Å². The number of hydrogen-bond donors (Lipinski definition) is 2. The number of nitro benzene ring substituents is 1. The Morgan fingerprint density at radius 1 is 1.45 bits per heavy atom. The second-order valence-electron chi connectivity index (χ2n) is 4.58. The number of aromatic amines is 1. The summed E-state index contributed by atoms with van der Waals surface area (Å²) in [5.74, 6) is 0.642. The van der Waals surface area contributed by atoms with Gasteiger partial charge in [-0.3, -0.25) is 10.1 Å². The first-order chi connectivity index (χ1) is 9.65. The van der Waals surface area contributed by atoms with Crippen molar-refractivity contribution in [3.8, 4) is 0 Å². The number of aliphatic hydroxyl groups excluding tert-OH is 1. The van der Waals surface area contributed by atoms with Gasteiger partial charge in [0.1, 0.15) is 0 Å². The molecule has 0 amide bonds. The number of rotatable bonds is 7. The molecule has 0 aliphatic carbocycles. The highest BCUT2D eigenvalue weighted by molar-refractivity contribution is 5.80. The van der Waals surface area contributed by atoms with Gasteiger partial charge in [0.05, 0.1) is 22.6 Å². The van der Waals surface area contributed by atoms with Crippen molar-refractivity contribution in [1.29, 1.82) is 0 Å². The minimum atomic E-state index is -0.428. The highest BCUT2D eigenvalue weighted by Crippen LogP contribution is 2.22. The van der Waals surface area contributed by atoms with Gasteiger partial charge in [0.2, 0.25) is 5.95 Å². The fraction of sp³-hybridized carbons (Fsp3) is 0.462. The van der Waals surface area contributed by atoms with E-state index in [2.05, 4.69) is 16.9 Å². The minimum Gasteiger partial charge on any atom is -0.395 e. The fourth-order valence-electron chi connectivity index (χ4n) is 2.04. The van der Waals surface area contributed by atoms with Crippen LogP contribution in [0.1, 0.15) is 19.8 Å². The molecule has 7 nitrogen and oxygen atoms in total. The first kappa shape index (κ1) is 14.3. The van der Waals surface area contributed by atoms with Crippen LogP contribution >= 0.6 is 0 Å². The van der Waals surface area contributed by atoms with Gasteiger partial charge in [-0.1, -0.05) is 13.3 Å². The standard InChI is InChI=1S/C13H18N4O3/c1-2-3-6-16(7-8-18)13-14-11-5-4-10(17(19)20)9-12(11)15-13/h4-5,9,18H,2-3,6-8H2,1H3,(H,14,15). The van der Waals surface area contributed by atoms with Gasteiger partial charge in [-0.05, 0) is 12.5 Å². The molecule has 1 aromatic heterocycles. The van der Waals surface area contributed by atoms with Crippen LogP contribution in [0.5, 0.6) is 0 Å². The molecule has 0 aliphatic rings. The number of nitrogens with one attached hydrogen (secondary N) is 1. The number of anilines is 1. The van der Waals surface area contributed by atoms with E-state index in [9.17, 15) is 10.1 Å². The summed E-state index contributed by atoms with van der Waals surface area (Å²) in [6, 6.07) is 4.54. The van der Waals surface area contributed by atoms with Gasteiger partial charge >= 0.3 is 0 Å². The molecule has 1 heterocycles. The summed E-state index contributed by atoms with van der Waals surface area (Å²) in [5.41, 5.74) is 1.36. The lowest BCUT2D eigenvalue weighted by molar-refractivity contribution is -0.384. The molecule has 7 heteroatoms. The monoisotopic (exact) mass is 278 g/mol. The molecule has 2 rings (SSSR count). The summed E-state index contributed by atoms with van der Waals surface area (Å²) in [4.78, 5) is 19.8. The molecule has 0 saturated heterocycles. The highest BCUT2D eigenvalue weighted by Gasteiger charge is 2.13. The third kappa shape index (κ3) is 3.05. The number of unbranched alkanes of at least 4 members (excludes halogenated alkanes) is 1. The summed E-state index contributed by atoms with van der Waals surface area (Å²) >= 11 is 0. The molecule has 0 radical (unpaired) electrons. The molecule has 108 valence electrons. The first-order valence-electron chi connectivity index (χ1n) is 6.65. The normalized spacial score (nSPS) is 10.9. The molecule has 1 aromatic carbocycles. The van der Waals surface area contributed by atoms with E-state index in [0.717, 1.165) is 19.4 Å². The molecule has 0 fully saturated rings. The lowest BCUT2D eigenvalue weighted by Gasteiger charge is -2.20. The molecule has 0 atom stereocenters. The van der Waals surface area contributed by atoms with E-state index in [0.29, 0.717) is 23.5 Å². The number of nitrogens with zero attached hydrogens (tertiary/aromatic N) is 3. The maximum atomic E-state index is 10.8. The molecule has 0 saturated carbocycles. The minimum absolute atomic E-state index is 0.0370. The van der Waals surface area contributed by atoms with Gasteiger partial charge in [0.15, 0.2) is 0 Å². The number of hydrogen-bond acceptors (Lipinski definition) is 5. The topological polar surface area (TPSA) is 95.3 Å². The number of non-ortho nitro benzene ring substituents is 1. The summed E-state index contributed by atoms with van der Waals surface area (Å²) in [5, 5.41) is 19.9. The number of benzene rings is 1. The van der Waals surface area contributed by atoms with Crippen LogP contribution in [-0.4, -0.2) is 39.7 Å². The molecular formula is C13H18N4O3. The van der Waals surface area contributed by atoms with Gasteiger partial charge in [-0.2, -0.15) is 0 Å². The average molecular weight is 278 g/mol. The van der Waals surface area contributed by atoms with Crippen LogP contribution in [0.15, 0.2) is 18.2 Å². The van der Waals surface area contributed by atoms with E-state index in [1.165, 1.54) is 12.1 Å². The molecule has 0 bridgehead atoms. The third-order valence-corrected chi connectivity index (χ3v) is 3.11. The second-order valence-corrected chi connectivity index (χ2v) is 4.58. The highest BCUT2D eigenvalue weighted by atomic mass is 16.6. The van der Waals surface area contributed by atoms with Crippen LogP contribution in [-0.2, 0) is 0 Å². The quantitative estimate of drug-likeness (QED) is 0.597. The predicted molar refractivity (Wildman–Crippen MR) is 77.0 cm³/mol. The van der Waals surface area contributed by atoms with Crippen LogP contribution in [0.2, 0.25) is 0 Å². The molecule has 20 heavy (non-hydrogen) atoms. The maximum Gasteiger partial charge on any atom is 0.271 e. The van der Waals surface area contributed by atoms with E-state index >= 15 is 0 Å². The zero-order valence-corrected chi connectivity index (χ0v) is 11.4. The Balaban J connectivity index is 2.30. The second kappa shape index (κ2) is 6.33. The number of aromatic nitrogens is 2. The molecule has 2 N–H and O–H groups in total. The van der Waals surface area contributed by atoms with E-state index in [4.69, 9.17) is 5.11 Å². The average Bonchev–Trinajstić information content (AvgIpc) is 2.85. The lowest BCUT2D eigenvalue weighted by atomic mass is 10.3. The van der Waals surface area contributed by atoms with Crippen LogP contribution in [0.3, 0.4) is 0 Å². The van der Waals surface area contributed by atoms with Crippen molar-refractivity contribution >= 4 is 22.7 Å². The zero-order valence-electron chi connectivity index (χ0n) is 11.4. The number of fused-ring (bicyclic) bond motifs is 1. The number of H-pyrrole nitrogens is 1. The predicted octanol–water partition coefficient (Wildman–Crippen LogP) is 2.07. The zero-order chi connectivity index (χ0) is 14.5. The van der Waals surface area contributed by atoms with Crippen molar-refractivity contribution in [1.82, 2.24) is 9.97 Å². The van der Waals surface area contributed by atoms with Crippen molar-refractivity contribution in [2.75, 3.05) is 24.6 Å². The molecule has 2 aromatic rings. The number of aliphatic hydroxyl groups is 1. The fourth-order valence-corrected chi connectivity index (χ4v) is 2.04. The van der Waals surface area contributed by atoms with Gasteiger partial charge < -0.3 is 15.0 Å².